The van der Waals surface area contributed by atoms with E-state index >= 15 is 0 Å². The summed E-state index contributed by atoms with van der Waals surface area (Å²) in [6, 6.07) is 0. The Bertz CT molecular complexity index is 510. The quantitative estimate of drug-likeness (QED) is 0.294. The van der Waals surface area contributed by atoms with E-state index in [1.54, 1.807) is 13.0 Å². The van der Waals surface area contributed by atoms with Crippen molar-refractivity contribution >= 4 is 23.8 Å². The van der Waals surface area contributed by atoms with Crippen LogP contribution < -0.4 is 0 Å². The van der Waals surface area contributed by atoms with Crippen LogP contribution in [0.3, 0.4) is 0 Å². The molecule has 2 amide bonds. The normalized spacial score (nSPS) is 21.3. The van der Waals surface area contributed by atoms with Gasteiger partial charge in [0, 0.05) is 18.1 Å². The molecule has 1 rings (SSSR count). The summed E-state index contributed by atoms with van der Waals surface area (Å²) in [4.78, 5) is 47.3. The van der Waals surface area contributed by atoms with Crippen LogP contribution in [0.15, 0.2) is 24.8 Å². The van der Waals surface area contributed by atoms with Gasteiger partial charge in [-0.15, -0.1) is 6.58 Å². The van der Waals surface area contributed by atoms with E-state index in [2.05, 4.69) is 11.3 Å². The number of allylic oxidation sites excluding steroid dienone is 1. The van der Waals surface area contributed by atoms with Gasteiger partial charge in [-0.05, 0) is 6.42 Å². The van der Waals surface area contributed by atoms with Gasteiger partial charge in [-0.1, -0.05) is 13.0 Å². The minimum Gasteiger partial charge on any atom is -0.466 e. The SMILES string of the molecule is C=CCC1C(=O)N(CCOC(=O)/C=C/C(=O)OC)C(=O)C1C. The molecule has 2 atom stereocenters. The summed E-state index contributed by atoms with van der Waals surface area (Å²) in [5.74, 6) is -2.79. The van der Waals surface area contributed by atoms with Gasteiger partial charge in [0.25, 0.3) is 0 Å². The highest BCUT2D eigenvalue weighted by Gasteiger charge is 2.43. The molecule has 0 aliphatic carbocycles. The number of carbonyl (C=O) groups is 4. The van der Waals surface area contributed by atoms with Gasteiger partial charge < -0.3 is 9.47 Å². The molecule has 1 saturated heterocycles. The molecule has 0 radical (unpaired) electrons. The van der Waals surface area contributed by atoms with Gasteiger partial charge in [0.2, 0.25) is 11.8 Å². The number of rotatable bonds is 7. The predicted octanol–water partition coefficient (Wildman–Crippen LogP) is 0.456. The Kier molecular flexibility index (Phi) is 6.49. The first-order chi connectivity index (χ1) is 10.4. The number of methoxy groups -OCH3 is 1. The largest absolute Gasteiger partial charge is 0.466 e. The summed E-state index contributed by atoms with van der Waals surface area (Å²) in [6.45, 7) is 5.13. The van der Waals surface area contributed by atoms with Crippen molar-refractivity contribution in [3.8, 4) is 0 Å². The molecule has 0 N–H and O–H groups in total. The molecule has 1 fully saturated rings. The zero-order valence-electron chi connectivity index (χ0n) is 12.6. The van der Waals surface area contributed by atoms with E-state index in [0.29, 0.717) is 6.42 Å². The predicted molar refractivity (Wildman–Crippen MR) is 76.3 cm³/mol. The van der Waals surface area contributed by atoms with Crippen molar-refractivity contribution < 1.29 is 28.7 Å². The number of imide groups is 1. The number of nitrogens with zero attached hydrogens (tertiary/aromatic N) is 1. The van der Waals surface area contributed by atoms with Crippen LogP contribution in [0, 0.1) is 11.8 Å². The van der Waals surface area contributed by atoms with Crippen LogP contribution >= 0.6 is 0 Å². The number of likely N-dealkylation sites (tertiary alicyclic amines) is 1. The molecule has 0 saturated carbocycles. The average molecular weight is 309 g/mol. The molecule has 1 aliphatic heterocycles. The van der Waals surface area contributed by atoms with Crippen LogP contribution in [-0.2, 0) is 28.7 Å². The Morgan fingerprint density at radius 1 is 1.23 bits per heavy atom. The lowest BCUT2D eigenvalue weighted by Gasteiger charge is -2.14. The molecule has 7 nitrogen and oxygen atoms in total. The van der Waals surface area contributed by atoms with Crippen LogP contribution in [0.25, 0.3) is 0 Å². The van der Waals surface area contributed by atoms with Crippen LogP contribution in [-0.4, -0.2) is 48.9 Å². The van der Waals surface area contributed by atoms with Crippen LogP contribution in [0.4, 0.5) is 0 Å². The molecular formula is C15H19NO6. The fourth-order valence-corrected chi connectivity index (χ4v) is 2.14. The minimum absolute atomic E-state index is 0.00649. The summed E-state index contributed by atoms with van der Waals surface area (Å²) in [6.07, 6.45) is 3.89. The maximum absolute atomic E-state index is 12.1. The maximum atomic E-state index is 12.1. The fourth-order valence-electron chi connectivity index (χ4n) is 2.14. The highest BCUT2D eigenvalue weighted by molar-refractivity contribution is 6.05. The monoisotopic (exact) mass is 309 g/mol. The third-order valence-corrected chi connectivity index (χ3v) is 3.38. The molecule has 0 aromatic carbocycles. The van der Waals surface area contributed by atoms with Gasteiger partial charge in [-0.3, -0.25) is 14.5 Å². The Hall–Kier alpha value is -2.44. The van der Waals surface area contributed by atoms with Crippen molar-refractivity contribution in [2.75, 3.05) is 20.3 Å². The van der Waals surface area contributed by atoms with Crippen molar-refractivity contribution in [1.29, 1.82) is 0 Å². The van der Waals surface area contributed by atoms with Gasteiger partial charge in [-0.25, -0.2) is 9.59 Å². The van der Waals surface area contributed by atoms with Crippen LogP contribution in [0.1, 0.15) is 13.3 Å². The lowest BCUT2D eigenvalue weighted by atomic mass is 9.94. The average Bonchev–Trinajstić information content (AvgIpc) is 2.70. The van der Waals surface area contributed by atoms with Gasteiger partial charge >= 0.3 is 11.9 Å². The van der Waals surface area contributed by atoms with Crippen LogP contribution in [0.5, 0.6) is 0 Å². The van der Waals surface area contributed by atoms with E-state index < -0.39 is 23.8 Å². The highest BCUT2D eigenvalue weighted by Crippen LogP contribution is 2.28. The minimum atomic E-state index is -0.750. The van der Waals surface area contributed by atoms with Gasteiger partial charge in [0.05, 0.1) is 19.6 Å². The molecule has 0 aromatic rings. The van der Waals surface area contributed by atoms with E-state index in [1.165, 1.54) is 7.11 Å². The van der Waals surface area contributed by atoms with E-state index in [1.807, 2.05) is 0 Å². The lowest BCUT2D eigenvalue weighted by molar-refractivity contribution is -0.145. The molecule has 22 heavy (non-hydrogen) atoms. The summed E-state index contributed by atoms with van der Waals surface area (Å²) in [5, 5.41) is 0. The molecule has 1 heterocycles. The standard InChI is InChI=1S/C15H19NO6/c1-4-5-11-10(2)14(19)16(15(11)20)8-9-22-13(18)7-6-12(17)21-3/h4,6-7,10-11H,1,5,8-9H2,2-3H3/b7-6+. The van der Waals surface area contributed by atoms with E-state index in [4.69, 9.17) is 4.74 Å². The lowest BCUT2D eigenvalue weighted by Crippen LogP contribution is -2.34. The first-order valence-corrected chi connectivity index (χ1v) is 6.81. The van der Waals surface area contributed by atoms with E-state index in [0.717, 1.165) is 17.1 Å². The molecule has 0 aromatic heterocycles. The topological polar surface area (TPSA) is 90.0 Å². The summed E-state index contributed by atoms with van der Waals surface area (Å²) >= 11 is 0. The molecule has 2 unspecified atom stereocenters. The molecule has 1 aliphatic rings. The van der Waals surface area contributed by atoms with Crippen molar-refractivity contribution in [2.45, 2.75) is 13.3 Å². The fraction of sp³-hybridized carbons (Fsp3) is 0.467. The number of hydrogen-bond donors (Lipinski definition) is 0. The van der Waals surface area contributed by atoms with E-state index in [-0.39, 0.29) is 25.0 Å². The second-order valence-corrected chi connectivity index (χ2v) is 4.77. The maximum Gasteiger partial charge on any atom is 0.331 e. The molecule has 120 valence electrons. The number of amides is 2. The third kappa shape index (κ3) is 4.28. The second-order valence-electron chi connectivity index (χ2n) is 4.77. The van der Waals surface area contributed by atoms with E-state index in [9.17, 15) is 19.2 Å². The molecular weight excluding hydrogens is 290 g/mol. The van der Waals surface area contributed by atoms with Crippen molar-refractivity contribution in [3.05, 3.63) is 24.8 Å². The van der Waals surface area contributed by atoms with Crippen LogP contribution in [0.2, 0.25) is 0 Å². The summed E-state index contributed by atoms with van der Waals surface area (Å²) < 4.78 is 9.15. The molecule has 0 bridgehead atoms. The molecule has 7 heteroatoms. The van der Waals surface area contributed by atoms with Crippen molar-refractivity contribution in [1.82, 2.24) is 4.90 Å². The Morgan fingerprint density at radius 2 is 1.86 bits per heavy atom. The Balaban J connectivity index is 2.48. The van der Waals surface area contributed by atoms with Crippen molar-refractivity contribution in [3.63, 3.8) is 0 Å². The third-order valence-electron chi connectivity index (χ3n) is 3.38. The number of hydrogen-bond acceptors (Lipinski definition) is 6. The Labute approximate surface area is 128 Å². The van der Waals surface area contributed by atoms with Gasteiger partial charge in [-0.2, -0.15) is 0 Å². The Morgan fingerprint density at radius 3 is 2.45 bits per heavy atom. The second kappa shape index (κ2) is 8.11. The van der Waals surface area contributed by atoms with Crippen molar-refractivity contribution in [2.24, 2.45) is 11.8 Å². The summed E-state index contributed by atoms with van der Waals surface area (Å²) in [7, 11) is 1.18. The first kappa shape index (κ1) is 17.6. The van der Waals surface area contributed by atoms with Gasteiger partial charge in [0.1, 0.15) is 6.61 Å². The molecule has 0 spiro atoms. The number of carbonyl (C=O) groups excluding carboxylic acids is 4. The highest BCUT2D eigenvalue weighted by atomic mass is 16.5. The zero-order valence-corrected chi connectivity index (χ0v) is 12.6. The number of esters is 2. The zero-order chi connectivity index (χ0) is 16.7. The first-order valence-electron chi connectivity index (χ1n) is 6.81. The number of ether oxygens (including phenoxy) is 2. The summed E-state index contributed by atoms with van der Waals surface area (Å²) in [5.41, 5.74) is 0. The smallest absolute Gasteiger partial charge is 0.331 e. The van der Waals surface area contributed by atoms with Gasteiger partial charge in [0.15, 0.2) is 0 Å².